The summed E-state index contributed by atoms with van der Waals surface area (Å²) >= 11 is 3.36. The monoisotopic (exact) mass is 605 g/mol. The number of rotatable bonds is 6. The molecule has 4 aromatic carbocycles. The number of para-hydroxylation sites is 1. The largest absolute Gasteiger partial charge is 0.422 e. The number of nitrogens with one attached hydrogen (secondary N) is 2. The Labute approximate surface area is 234 Å². The number of carbonyl (C=O) groups is 2. The Morgan fingerprint density at radius 2 is 1.60 bits per heavy atom. The van der Waals surface area contributed by atoms with Crippen molar-refractivity contribution in [3.8, 4) is 16.9 Å². The van der Waals surface area contributed by atoms with Gasteiger partial charge in [-0.15, -0.1) is 0 Å². The molecule has 0 bridgehead atoms. The molecule has 0 unspecified atom stereocenters. The summed E-state index contributed by atoms with van der Waals surface area (Å²) in [6.07, 6.45) is -3.35. The number of nitrogens with zero attached hydrogens (tertiary/aromatic N) is 1. The Kier molecular flexibility index (Phi) is 7.52. The van der Waals surface area contributed by atoms with Gasteiger partial charge in [-0.2, -0.15) is 18.3 Å². The van der Waals surface area contributed by atoms with Gasteiger partial charge in [0.05, 0.1) is 22.9 Å². The van der Waals surface area contributed by atoms with Gasteiger partial charge in [-0.1, -0.05) is 76.6 Å². The molecule has 0 saturated carbocycles. The zero-order valence-corrected chi connectivity index (χ0v) is 22.1. The van der Waals surface area contributed by atoms with Gasteiger partial charge in [0.15, 0.2) is 0 Å². The Morgan fingerprint density at radius 3 is 2.30 bits per heavy atom. The lowest BCUT2D eigenvalue weighted by Crippen LogP contribution is -2.19. The number of amides is 1. The SMILES string of the molecule is O=C(Oc1ccc(Br)cc1C=NNC(=O)c1[nH]c2c(C(F)(F)F)cccc2c1-c1ccccc1)c1ccccc1. The average Bonchev–Trinajstić information content (AvgIpc) is 3.34. The maximum atomic E-state index is 13.7. The quantitative estimate of drug-likeness (QED) is 0.0904. The van der Waals surface area contributed by atoms with Gasteiger partial charge < -0.3 is 9.72 Å². The minimum Gasteiger partial charge on any atom is -0.422 e. The predicted octanol–water partition coefficient (Wildman–Crippen LogP) is 7.60. The molecule has 0 fully saturated rings. The molecule has 5 aromatic rings. The van der Waals surface area contributed by atoms with Gasteiger partial charge in [-0.05, 0) is 42.0 Å². The molecule has 0 aliphatic heterocycles. The van der Waals surface area contributed by atoms with Crippen molar-refractivity contribution in [1.29, 1.82) is 0 Å². The summed E-state index contributed by atoms with van der Waals surface area (Å²) in [7, 11) is 0. The molecule has 200 valence electrons. The molecule has 0 atom stereocenters. The van der Waals surface area contributed by atoms with Crippen LogP contribution in [0.1, 0.15) is 32.0 Å². The van der Waals surface area contributed by atoms with Crippen molar-refractivity contribution in [2.24, 2.45) is 5.10 Å². The van der Waals surface area contributed by atoms with E-state index in [1.807, 2.05) is 0 Å². The number of hydrogen-bond acceptors (Lipinski definition) is 4. The van der Waals surface area contributed by atoms with Gasteiger partial charge in [0.1, 0.15) is 11.4 Å². The number of carbonyl (C=O) groups excluding carboxylic acids is 2. The Morgan fingerprint density at radius 1 is 0.900 bits per heavy atom. The first-order valence-electron chi connectivity index (χ1n) is 11.9. The molecular weight excluding hydrogens is 587 g/mol. The van der Waals surface area contributed by atoms with E-state index in [1.54, 1.807) is 78.9 Å². The Hall–Kier alpha value is -4.70. The van der Waals surface area contributed by atoms with E-state index < -0.39 is 23.6 Å². The number of ether oxygens (including phenoxy) is 1. The van der Waals surface area contributed by atoms with Gasteiger partial charge >= 0.3 is 12.1 Å². The highest BCUT2D eigenvalue weighted by Gasteiger charge is 2.34. The van der Waals surface area contributed by atoms with E-state index >= 15 is 0 Å². The van der Waals surface area contributed by atoms with Gasteiger partial charge in [0.25, 0.3) is 5.91 Å². The van der Waals surface area contributed by atoms with Crippen LogP contribution in [0.15, 0.2) is 107 Å². The van der Waals surface area contributed by atoms with Crippen LogP contribution in [0.2, 0.25) is 0 Å². The third kappa shape index (κ3) is 5.67. The summed E-state index contributed by atoms with van der Waals surface area (Å²) in [6.45, 7) is 0. The maximum Gasteiger partial charge on any atom is 0.418 e. The number of halogens is 4. The number of aromatic amines is 1. The highest BCUT2D eigenvalue weighted by Crippen LogP contribution is 2.39. The molecule has 0 aliphatic carbocycles. The third-order valence-electron chi connectivity index (χ3n) is 5.98. The summed E-state index contributed by atoms with van der Waals surface area (Å²) in [5.41, 5.74) is 2.80. The second-order valence-electron chi connectivity index (χ2n) is 8.60. The molecule has 10 heteroatoms. The lowest BCUT2D eigenvalue weighted by Gasteiger charge is -2.08. The van der Waals surface area contributed by atoms with Crippen molar-refractivity contribution in [2.45, 2.75) is 6.18 Å². The zero-order valence-electron chi connectivity index (χ0n) is 20.5. The van der Waals surface area contributed by atoms with E-state index in [4.69, 9.17) is 4.74 Å². The normalized spacial score (nSPS) is 11.6. The van der Waals surface area contributed by atoms with Crippen molar-refractivity contribution in [3.05, 3.63) is 124 Å². The molecule has 40 heavy (non-hydrogen) atoms. The smallest absolute Gasteiger partial charge is 0.418 e. The second kappa shape index (κ2) is 11.2. The zero-order chi connectivity index (χ0) is 28.3. The van der Waals surface area contributed by atoms with E-state index in [9.17, 15) is 22.8 Å². The molecule has 2 N–H and O–H groups in total. The number of hydrazone groups is 1. The molecular formula is C30H19BrF3N3O3. The van der Waals surface area contributed by atoms with E-state index in [2.05, 4.69) is 31.4 Å². The summed E-state index contributed by atoms with van der Waals surface area (Å²) in [4.78, 5) is 28.5. The fourth-order valence-corrected chi connectivity index (χ4v) is 4.57. The summed E-state index contributed by atoms with van der Waals surface area (Å²) < 4.78 is 47.4. The standard InChI is InChI=1S/C30H19BrF3N3O3/c31-21-14-15-24(40-29(39)19-10-5-2-6-11-19)20(16-21)17-35-37-28(38)27-25(18-8-3-1-4-9-18)22-12-7-13-23(26(22)36-27)30(32,33)34/h1-17,36H,(H,37,38). The Balaban J connectivity index is 1.47. The lowest BCUT2D eigenvalue weighted by molar-refractivity contribution is -0.136. The van der Waals surface area contributed by atoms with Crippen LogP contribution in [0.25, 0.3) is 22.0 Å². The fraction of sp³-hybridized carbons (Fsp3) is 0.0333. The highest BCUT2D eigenvalue weighted by atomic mass is 79.9. The first-order chi connectivity index (χ1) is 19.2. The molecule has 0 spiro atoms. The first-order valence-corrected chi connectivity index (χ1v) is 12.7. The number of esters is 1. The lowest BCUT2D eigenvalue weighted by atomic mass is 10.0. The van der Waals surface area contributed by atoms with Gasteiger partial charge in [0, 0.05) is 21.0 Å². The minimum absolute atomic E-state index is 0.0833. The van der Waals surface area contributed by atoms with Crippen LogP contribution < -0.4 is 10.2 Å². The Bertz CT molecular complexity index is 1730. The van der Waals surface area contributed by atoms with E-state index in [-0.39, 0.29) is 22.3 Å². The van der Waals surface area contributed by atoms with Crippen molar-refractivity contribution < 1.29 is 27.5 Å². The van der Waals surface area contributed by atoms with Crippen LogP contribution in [0.5, 0.6) is 5.75 Å². The molecule has 0 radical (unpaired) electrons. The van der Waals surface area contributed by atoms with E-state index in [0.717, 1.165) is 6.07 Å². The summed E-state index contributed by atoms with van der Waals surface area (Å²) in [6, 6.07) is 25.7. The van der Waals surface area contributed by atoms with Crippen LogP contribution in [0, 0.1) is 0 Å². The number of fused-ring (bicyclic) bond motifs is 1. The van der Waals surface area contributed by atoms with E-state index in [1.165, 1.54) is 18.3 Å². The van der Waals surface area contributed by atoms with E-state index in [0.29, 0.717) is 26.7 Å². The first kappa shape index (κ1) is 26.9. The average molecular weight is 606 g/mol. The number of H-pyrrole nitrogens is 1. The minimum atomic E-state index is -4.63. The molecule has 1 heterocycles. The topological polar surface area (TPSA) is 83.5 Å². The maximum absolute atomic E-state index is 13.7. The van der Waals surface area contributed by atoms with Crippen molar-refractivity contribution in [3.63, 3.8) is 0 Å². The van der Waals surface area contributed by atoms with Crippen LogP contribution in [0.4, 0.5) is 13.2 Å². The number of alkyl halides is 3. The number of hydrogen-bond donors (Lipinski definition) is 2. The second-order valence-corrected chi connectivity index (χ2v) is 9.52. The molecule has 5 rings (SSSR count). The third-order valence-corrected chi connectivity index (χ3v) is 6.48. The van der Waals surface area contributed by atoms with Gasteiger partial charge in [-0.25, -0.2) is 10.2 Å². The highest BCUT2D eigenvalue weighted by molar-refractivity contribution is 9.10. The molecule has 0 aliphatic rings. The number of benzene rings is 4. The molecule has 1 aromatic heterocycles. The van der Waals surface area contributed by atoms with Crippen LogP contribution in [-0.2, 0) is 6.18 Å². The van der Waals surface area contributed by atoms with Gasteiger partial charge in [-0.3, -0.25) is 4.79 Å². The van der Waals surface area contributed by atoms with Crippen LogP contribution in [0.3, 0.4) is 0 Å². The summed E-state index contributed by atoms with van der Waals surface area (Å²) in [5.74, 6) is -1.13. The molecule has 1 amide bonds. The summed E-state index contributed by atoms with van der Waals surface area (Å²) in [5, 5.41) is 4.24. The number of aromatic nitrogens is 1. The van der Waals surface area contributed by atoms with Gasteiger partial charge in [0.2, 0.25) is 0 Å². The van der Waals surface area contributed by atoms with Crippen molar-refractivity contribution in [2.75, 3.05) is 0 Å². The van der Waals surface area contributed by atoms with Crippen LogP contribution >= 0.6 is 15.9 Å². The van der Waals surface area contributed by atoms with Crippen LogP contribution in [-0.4, -0.2) is 23.1 Å². The molecule has 0 saturated heterocycles. The van der Waals surface area contributed by atoms with Crippen molar-refractivity contribution >= 4 is 44.9 Å². The predicted molar refractivity (Wildman–Crippen MR) is 149 cm³/mol. The fourth-order valence-electron chi connectivity index (χ4n) is 4.19. The van der Waals surface area contributed by atoms with Crippen molar-refractivity contribution in [1.82, 2.24) is 10.4 Å². The molecule has 6 nitrogen and oxygen atoms in total.